The van der Waals surface area contributed by atoms with E-state index in [1.165, 1.54) is 24.2 Å². The number of amides is 1. The molecule has 1 aromatic rings. The van der Waals surface area contributed by atoms with Crippen LogP contribution in [0.15, 0.2) is 5.38 Å². The molecule has 2 fully saturated rings. The average molecular weight is 324 g/mol. The standard InChI is InChI=1S/C16H24N2O3S/c1-3-21-13-8-12(16(13)6-4-5-7-16)18-15(19)11-10-22-14(17-11)9-20-2/h10,12-13H,3-9H2,1-2H3,(H,18,19)/t12-,13+/m1/s1. The number of ether oxygens (including phenoxy) is 2. The summed E-state index contributed by atoms with van der Waals surface area (Å²) >= 11 is 1.47. The fourth-order valence-electron chi connectivity index (χ4n) is 3.93. The van der Waals surface area contributed by atoms with Crippen molar-refractivity contribution >= 4 is 17.2 Å². The number of hydrogen-bond acceptors (Lipinski definition) is 5. The van der Waals surface area contributed by atoms with Crippen molar-refractivity contribution in [3.8, 4) is 0 Å². The number of rotatable bonds is 6. The first kappa shape index (κ1) is 15.9. The highest BCUT2D eigenvalue weighted by Gasteiger charge is 2.57. The molecule has 2 saturated carbocycles. The van der Waals surface area contributed by atoms with Crippen LogP contribution in [0.25, 0.3) is 0 Å². The van der Waals surface area contributed by atoms with Crippen LogP contribution in [0.3, 0.4) is 0 Å². The Labute approximate surface area is 135 Å². The van der Waals surface area contributed by atoms with Gasteiger partial charge >= 0.3 is 0 Å². The largest absolute Gasteiger partial charge is 0.378 e. The van der Waals surface area contributed by atoms with Crippen molar-refractivity contribution in [3.63, 3.8) is 0 Å². The number of hydrogen-bond donors (Lipinski definition) is 1. The summed E-state index contributed by atoms with van der Waals surface area (Å²) in [6.07, 6.45) is 6.04. The summed E-state index contributed by atoms with van der Waals surface area (Å²) < 4.78 is 10.9. The molecule has 6 heteroatoms. The van der Waals surface area contributed by atoms with Crippen LogP contribution in [0, 0.1) is 5.41 Å². The highest BCUT2D eigenvalue weighted by molar-refractivity contribution is 7.09. The molecule has 0 unspecified atom stereocenters. The molecular weight excluding hydrogens is 300 g/mol. The molecule has 1 spiro atoms. The Morgan fingerprint density at radius 3 is 2.95 bits per heavy atom. The van der Waals surface area contributed by atoms with E-state index in [1.54, 1.807) is 7.11 Å². The second-order valence-electron chi connectivity index (χ2n) is 6.21. The van der Waals surface area contributed by atoms with Crippen LogP contribution in [-0.4, -0.2) is 36.8 Å². The summed E-state index contributed by atoms with van der Waals surface area (Å²) in [5.41, 5.74) is 0.668. The molecule has 1 heterocycles. The number of nitrogens with one attached hydrogen (secondary N) is 1. The Morgan fingerprint density at radius 2 is 2.27 bits per heavy atom. The predicted octanol–water partition coefficient (Wildman–Crippen LogP) is 2.76. The molecule has 0 aliphatic heterocycles. The third-order valence-corrected chi connectivity index (χ3v) is 5.87. The Hall–Kier alpha value is -0.980. The van der Waals surface area contributed by atoms with Gasteiger partial charge in [0.1, 0.15) is 10.7 Å². The van der Waals surface area contributed by atoms with Crippen molar-refractivity contribution in [2.45, 2.75) is 57.8 Å². The van der Waals surface area contributed by atoms with E-state index in [-0.39, 0.29) is 17.4 Å². The summed E-state index contributed by atoms with van der Waals surface area (Å²) in [7, 11) is 1.63. The summed E-state index contributed by atoms with van der Waals surface area (Å²) in [5, 5.41) is 5.84. The van der Waals surface area contributed by atoms with Gasteiger partial charge < -0.3 is 14.8 Å². The number of thiazole rings is 1. The average Bonchev–Trinajstić information content (AvgIpc) is 3.17. The topological polar surface area (TPSA) is 60.5 Å². The number of methoxy groups -OCH3 is 1. The molecule has 2 aliphatic rings. The van der Waals surface area contributed by atoms with Crippen LogP contribution in [0.4, 0.5) is 0 Å². The lowest BCUT2D eigenvalue weighted by Crippen LogP contribution is -2.63. The smallest absolute Gasteiger partial charge is 0.271 e. The van der Waals surface area contributed by atoms with Crippen LogP contribution in [-0.2, 0) is 16.1 Å². The van der Waals surface area contributed by atoms with E-state index in [0.29, 0.717) is 18.4 Å². The van der Waals surface area contributed by atoms with Crippen molar-refractivity contribution in [1.82, 2.24) is 10.3 Å². The Bertz CT molecular complexity index is 525. The summed E-state index contributed by atoms with van der Waals surface area (Å²) in [5.74, 6) is -0.0650. The van der Waals surface area contributed by atoms with Gasteiger partial charge in [0.2, 0.25) is 0 Å². The molecule has 2 aliphatic carbocycles. The van der Waals surface area contributed by atoms with E-state index in [2.05, 4.69) is 10.3 Å². The maximum absolute atomic E-state index is 12.4. The van der Waals surface area contributed by atoms with Crippen molar-refractivity contribution in [3.05, 3.63) is 16.1 Å². The molecule has 22 heavy (non-hydrogen) atoms. The Morgan fingerprint density at radius 1 is 1.50 bits per heavy atom. The van der Waals surface area contributed by atoms with Gasteiger partial charge in [-0.3, -0.25) is 4.79 Å². The molecule has 1 amide bonds. The molecular formula is C16H24N2O3S. The summed E-state index contributed by atoms with van der Waals surface area (Å²) in [4.78, 5) is 16.8. The fraction of sp³-hybridized carbons (Fsp3) is 0.750. The minimum absolute atomic E-state index is 0.0650. The second-order valence-corrected chi connectivity index (χ2v) is 7.15. The van der Waals surface area contributed by atoms with E-state index in [1.807, 2.05) is 12.3 Å². The van der Waals surface area contributed by atoms with Gasteiger partial charge in [-0.1, -0.05) is 12.8 Å². The fourth-order valence-corrected chi connectivity index (χ4v) is 4.67. The van der Waals surface area contributed by atoms with Gasteiger partial charge in [-0.05, 0) is 26.2 Å². The number of carbonyl (C=O) groups is 1. The maximum atomic E-state index is 12.4. The normalized spacial score (nSPS) is 26.1. The Kier molecular flexibility index (Phi) is 4.80. The lowest BCUT2D eigenvalue weighted by atomic mass is 9.60. The lowest BCUT2D eigenvalue weighted by Gasteiger charge is -2.54. The van der Waals surface area contributed by atoms with E-state index in [4.69, 9.17) is 9.47 Å². The minimum Gasteiger partial charge on any atom is -0.378 e. The van der Waals surface area contributed by atoms with Gasteiger partial charge in [0.25, 0.3) is 5.91 Å². The van der Waals surface area contributed by atoms with Crippen LogP contribution in [0.5, 0.6) is 0 Å². The first-order chi connectivity index (χ1) is 10.7. The van der Waals surface area contributed by atoms with Crippen LogP contribution >= 0.6 is 11.3 Å². The van der Waals surface area contributed by atoms with E-state index in [9.17, 15) is 4.79 Å². The third-order valence-electron chi connectivity index (χ3n) is 5.04. The van der Waals surface area contributed by atoms with Gasteiger partial charge in [-0.15, -0.1) is 11.3 Å². The Balaban J connectivity index is 1.63. The van der Waals surface area contributed by atoms with E-state index >= 15 is 0 Å². The lowest BCUT2D eigenvalue weighted by molar-refractivity contribution is -0.127. The molecule has 122 valence electrons. The SMILES string of the molecule is CCO[C@H]1C[C@@H](NC(=O)c2csc(COC)n2)C12CCCC2. The molecule has 0 bridgehead atoms. The maximum Gasteiger partial charge on any atom is 0.271 e. The molecule has 3 rings (SSSR count). The summed E-state index contributed by atoms with van der Waals surface area (Å²) in [6, 6.07) is 0.228. The zero-order valence-corrected chi connectivity index (χ0v) is 14.1. The molecule has 5 nitrogen and oxygen atoms in total. The highest BCUT2D eigenvalue weighted by atomic mass is 32.1. The van der Waals surface area contributed by atoms with E-state index < -0.39 is 0 Å². The zero-order chi connectivity index (χ0) is 15.6. The monoisotopic (exact) mass is 324 g/mol. The molecule has 0 aromatic carbocycles. The second kappa shape index (κ2) is 6.64. The van der Waals surface area contributed by atoms with Gasteiger partial charge in [0, 0.05) is 30.6 Å². The van der Waals surface area contributed by atoms with Crippen molar-refractivity contribution in [2.75, 3.05) is 13.7 Å². The molecule has 1 N–H and O–H groups in total. The number of nitrogens with zero attached hydrogens (tertiary/aromatic N) is 1. The molecule has 0 radical (unpaired) electrons. The van der Waals surface area contributed by atoms with Crippen LogP contribution < -0.4 is 5.32 Å². The van der Waals surface area contributed by atoms with Gasteiger partial charge in [-0.25, -0.2) is 4.98 Å². The van der Waals surface area contributed by atoms with Crippen LogP contribution in [0.2, 0.25) is 0 Å². The zero-order valence-electron chi connectivity index (χ0n) is 13.3. The number of aromatic nitrogens is 1. The van der Waals surface area contributed by atoms with E-state index in [0.717, 1.165) is 30.9 Å². The quantitative estimate of drug-likeness (QED) is 0.874. The van der Waals surface area contributed by atoms with Gasteiger partial charge in [-0.2, -0.15) is 0 Å². The highest BCUT2D eigenvalue weighted by Crippen LogP contribution is 2.54. The van der Waals surface area contributed by atoms with Crippen molar-refractivity contribution < 1.29 is 14.3 Å². The first-order valence-electron chi connectivity index (χ1n) is 8.05. The predicted molar refractivity (Wildman–Crippen MR) is 85.0 cm³/mol. The molecule has 1 aromatic heterocycles. The minimum atomic E-state index is -0.0650. The number of carbonyl (C=O) groups excluding carboxylic acids is 1. The van der Waals surface area contributed by atoms with Gasteiger partial charge in [0.05, 0.1) is 12.7 Å². The molecule has 0 saturated heterocycles. The molecule has 2 atom stereocenters. The van der Waals surface area contributed by atoms with Crippen LogP contribution in [0.1, 0.15) is 54.5 Å². The van der Waals surface area contributed by atoms with Crippen molar-refractivity contribution in [1.29, 1.82) is 0 Å². The summed E-state index contributed by atoms with van der Waals surface area (Å²) in [6.45, 7) is 3.25. The van der Waals surface area contributed by atoms with Crippen molar-refractivity contribution in [2.24, 2.45) is 5.41 Å². The van der Waals surface area contributed by atoms with Gasteiger partial charge in [0.15, 0.2) is 0 Å². The third kappa shape index (κ3) is 2.79. The first-order valence-corrected chi connectivity index (χ1v) is 8.93.